The largest absolute Gasteiger partial charge is 0.386 e. The second-order valence-corrected chi connectivity index (χ2v) is 4.78. The first kappa shape index (κ1) is 15.1. The predicted octanol–water partition coefficient (Wildman–Crippen LogP) is 1.11. The summed E-state index contributed by atoms with van der Waals surface area (Å²) in [6.45, 7) is 1.69. The highest BCUT2D eigenvalue weighted by molar-refractivity contribution is 5.76. The van der Waals surface area contributed by atoms with Gasteiger partial charge in [0.05, 0.1) is 12.1 Å². The van der Waals surface area contributed by atoms with E-state index in [1.54, 1.807) is 6.92 Å². The molecule has 0 radical (unpaired) electrons. The molecule has 0 aliphatic heterocycles. The highest BCUT2D eigenvalue weighted by Gasteiger charge is 2.18. The molecule has 112 valence electrons. The van der Waals surface area contributed by atoms with Gasteiger partial charge in [0, 0.05) is 12.8 Å². The number of aliphatic hydroxyl groups is 1. The number of nitrogens with one attached hydrogen (secondary N) is 2. The smallest absolute Gasteiger partial charge is 0.220 e. The van der Waals surface area contributed by atoms with Crippen molar-refractivity contribution in [1.82, 2.24) is 20.5 Å². The highest BCUT2D eigenvalue weighted by atomic mass is 19.1. The SMILES string of the molecule is CC(NC(=O)CCc1ncn[nH]1)C(O)c1ccc(F)cc1. The third kappa shape index (κ3) is 4.35. The molecule has 0 spiro atoms. The van der Waals surface area contributed by atoms with Gasteiger partial charge >= 0.3 is 0 Å². The average molecular weight is 292 g/mol. The third-order valence-corrected chi connectivity index (χ3v) is 3.13. The van der Waals surface area contributed by atoms with Crippen LogP contribution in [0.2, 0.25) is 0 Å². The standard InChI is InChI=1S/C14H17FN4O2/c1-9(14(21)10-2-4-11(15)5-3-10)18-13(20)7-6-12-16-8-17-19-12/h2-5,8-9,14,21H,6-7H2,1H3,(H,18,20)(H,16,17,19). The highest BCUT2D eigenvalue weighted by Crippen LogP contribution is 2.17. The van der Waals surface area contributed by atoms with E-state index in [0.29, 0.717) is 17.8 Å². The summed E-state index contributed by atoms with van der Waals surface area (Å²) >= 11 is 0. The Morgan fingerprint density at radius 3 is 2.76 bits per heavy atom. The van der Waals surface area contributed by atoms with Gasteiger partial charge < -0.3 is 10.4 Å². The van der Waals surface area contributed by atoms with Crippen LogP contribution in [-0.4, -0.2) is 32.2 Å². The Morgan fingerprint density at radius 1 is 1.43 bits per heavy atom. The predicted molar refractivity (Wildman–Crippen MR) is 73.7 cm³/mol. The lowest BCUT2D eigenvalue weighted by Gasteiger charge is -2.20. The van der Waals surface area contributed by atoms with E-state index in [0.717, 1.165) is 0 Å². The Morgan fingerprint density at radius 2 is 2.14 bits per heavy atom. The number of hydrogen-bond donors (Lipinski definition) is 3. The van der Waals surface area contributed by atoms with Crippen molar-refractivity contribution in [3.8, 4) is 0 Å². The van der Waals surface area contributed by atoms with E-state index in [9.17, 15) is 14.3 Å². The number of benzene rings is 1. The summed E-state index contributed by atoms with van der Waals surface area (Å²) in [7, 11) is 0. The molecule has 1 aromatic carbocycles. The summed E-state index contributed by atoms with van der Waals surface area (Å²) in [5.41, 5.74) is 0.555. The van der Waals surface area contributed by atoms with E-state index >= 15 is 0 Å². The molecule has 0 aliphatic carbocycles. The van der Waals surface area contributed by atoms with Gasteiger partial charge in [-0.05, 0) is 24.6 Å². The van der Waals surface area contributed by atoms with Crippen LogP contribution in [0.15, 0.2) is 30.6 Å². The second-order valence-electron chi connectivity index (χ2n) is 4.78. The van der Waals surface area contributed by atoms with Gasteiger partial charge in [-0.2, -0.15) is 5.10 Å². The first-order valence-corrected chi connectivity index (χ1v) is 6.63. The summed E-state index contributed by atoms with van der Waals surface area (Å²) in [6, 6.07) is 5.07. The first-order chi connectivity index (χ1) is 10.1. The zero-order valence-corrected chi connectivity index (χ0v) is 11.6. The first-order valence-electron chi connectivity index (χ1n) is 6.63. The van der Waals surface area contributed by atoms with Gasteiger partial charge in [-0.25, -0.2) is 9.37 Å². The molecule has 2 unspecified atom stereocenters. The minimum atomic E-state index is -0.889. The van der Waals surface area contributed by atoms with Crippen molar-refractivity contribution in [2.75, 3.05) is 0 Å². The minimum Gasteiger partial charge on any atom is -0.386 e. The summed E-state index contributed by atoms with van der Waals surface area (Å²) in [5, 5.41) is 19.2. The lowest BCUT2D eigenvalue weighted by Crippen LogP contribution is -2.37. The number of aliphatic hydroxyl groups excluding tert-OH is 1. The van der Waals surface area contributed by atoms with Crippen molar-refractivity contribution in [3.63, 3.8) is 0 Å². The van der Waals surface area contributed by atoms with Crippen LogP contribution in [0.3, 0.4) is 0 Å². The number of amides is 1. The Labute approximate surface area is 121 Å². The van der Waals surface area contributed by atoms with Gasteiger partial charge in [0.2, 0.25) is 5.91 Å². The van der Waals surface area contributed by atoms with Crippen LogP contribution in [0.25, 0.3) is 0 Å². The van der Waals surface area contributed by atoms with Crippen LogP contribution in [0.4, 0.5) is 4.39 Å². The molecule has 3 N–H and O–H groups in total. The molecule has 7 heteroatoms. The van der Waals surface area contributed by atoms with Crippen LogP contribution in [0, 0.1) is 5.82 Å². The van der Waals surface area contributed by atoms with Gasteiger partial charge in [0.15, 0.2) is 0 Å². The van der Waals surface area contributed by atoms with Crippen LogP contribution < -0.4 is 5.32 Å². The molecule has 0 saturated heterocycles. The second kappa shape index (κ2) is 6.94. The lowest BCUT2D eigenvalue weighted by molar-refractivity contribution is -0.122. The van der Waals surface area contributed by atoms with Crippen molar-refractivity contribution < 1.29 is 14.3 Å². The van der Waals surface area contributed by atoms with Crippen LogP contribution >= 0.6 is 0 Å². The molecule has 21 heavy (non-hydrogen) atoms. The Bertz CT molecular complexity index is 571. The van der Waals surface area contributed by atoms with Crippen LogP contribution in [0.1, 0.15) is 30.8 Å². The van der Waals surface area contributed by atoms with E-state index in [1.807, 2.05) is 0 Å². The Hall–Kier alpha value is -2.28. The van der Waals surface area contributed by atoms with E-state index in [2.05, 4.69) is 20.5 Å². The van der Waals surface area contributed by atoms with Crippen molar-refractivity contribution in [2.45, 2.75) is 31.9 Å². The van der Waals surface area contributed by atoms with Crippen molar-refractivity contribution in [3.05, 3.63) is 47.8 Å². The number of H-pyrrole nitrogens is 1. The van der Waals surface area contributed by atoms with Gasteiger partial charge in [0.25, 0.3) is 0 Å². The number of nitrogens with zero attached hydrogens (tertiary/aromatic N) is 2. The molecule has 2 rings (SSSR count). The van der Waals surface area contributed by atoms with Crippen LogP contribution in [0.5, 0.6) is 0 Å². The number of aromatic amines is 1. The molecular formula is C14H17FN4O2. The molecule has 1 amide bonds. The van der Waals surface area contributed by atoms with Crippen molar-refractivity contribution >= 4 is 5.91 Å². The average Bonchev–Trinajstić information content (AvgIpc) is 2.98. The molecule has 2 aromatic rings. The van der Waals surface area contributed by atoms with Crippen molar-refractivity contribution in [2.24, 2.45) is 0 Å². The zero-order valence-electron chi connectivity index (χ0n) is 11.6. The quantitative estimate of drug-likeness (QED) is 0.744. The van der Waals surface area contributed by atoms with Crippen molar-refractivity contribution in [1.29, 1.82) is 0 Å². The molecule has 6 nitrogen and oxygen atoms in total. The van der Waals surface area contributed by atoms with Gasteiger partial charge in [-0.3, -0.25) is 9.89 Å². The molecule has 1 heterocycles. The normalized spacial score (nSPS) is 13.7. The fourth-order valence-corrected chi connectivity index (χ4v) is 1.94. The maximum atomic E-state index is 12.8. The Kier molecular flexibility index (Phi) is 4.99. The molecule has 1 aromatic heterocycles. The summed E-state index contributed by atoms with van der Waals surface area (Å²) < 4.78 is 12.8. The topological polar surface area (TPSA) is 90.9 Å². The number of aromatic nitrogens is 3. The third-order valence-electron chi connectivity index (χ3n) is 3.13. The van der Waals surface area contributed by atoms with E-state index in [4.69, 9.17) is 0 Å². The number of aryl methyl sites for hydroxylation is 1. The number of rotatable bonds is 6. The maximum Gasteiger partial charge on any atom is 0.220 e. The Balaban J connectivity index is 1.83. The molecule has 0 fully saturated rings. The van der Waals surface area contributed by atoms with E-state index in [-0.39, 0.29) is 18.1 Å². The monoisotopic (exact) mass is 292 g/mol. The summed E-state index contributed by atoms with van der Waals surface area (Å²) in [6.07, 6.45) is 1.19. The maximum absolute atomic E-state index is 12.8. The van der Waals surface area contributed by atoms with Gasteiger partial charge in [-0.1, -0.05) is 12.1 Å². The minimum absolute atomic E-state index is 0.194. The fraction of sp³-hybridized carbons (Fsp3) is 0.357. The molecular weight excluding hydrogens is 275 g/mol. The summed E-state index contributed by atoms with van der Waals surface area (Å²) in [5.74, 6) is 0.0756. The van der Waals surface area contributed by atoms with E-state index < -0.39 is 12.1 Å². The number of halogens is 1. The molecule has 0 bridgehead atoms. The van der Waals surface area contributed by atoms with E-state index in [1.165, 1.54) is 30.6 Å². The zero-order chi connectivity index (χ0) is 15.2. The molecule has 2 atom stereocenters. The molecule has 0 aliphatic rings. The summed E-state index contributed by atoms with van der Waals surface area (Å²) in [4.78, 5) is 15.7. The number of hydrogen-bond acceptors (Lipinski definition) is 4. The number of carbonyl (C=O) groups is 1. The van der Waals surface area contributed by atoms with Gasteiger partial charge in [-0.15, -0.1) is 0 Å². The fourth-order valence-electron chi connectivity index (χ4n) is 1.94. The number of carbonyl (C=O) groups excluding carboxylic acids is 1. The van der Waals surface area contributed by atoms with Gasteiger partial charge in [0.1, 0.15) is 18.0 Å². The molecule has 0 saturated carbocycles. The lowest BCUT2D eigenvalue weighted by atomic mass is 10.0. The van der Waals surface area contributed by atoms with Crippen LogP contribution in [-0.2, 0) is 11.2 Å².